The summed E-state index contributed by atoms with van der Waals surface area (Å²) in [4.78, 5) is 9.56. The fraction of sp³-hybridized carbons (Fsp3) is 0. The van der Waals surface area contributed by atoms with Crippen LogP contribution in [-0.2, 0) is 0 Å². The summed E-state index contributed by atoms with van der Waals surface area (Å²) in [5.41, 5.74) is 12.4. The Morgan fingerprint density at radius 3 is 1.52 bits per heavy atom. The molecule has 0 bridgehead atoms. The number of nitrogens with zero attached hydrogens (tertiary/aromatic N) is 3. The van der Waals surface area contributed by atoms with E-state index in [1.54, 1.807) is 0 Å². The molecule has 0 aliphatic rings. The van der Waals surface area contributed by atoms with E-state index in [1.165, 1.54) is 53.1 Å². The number of thiophene rings is 1. The van der Waals surface area contributed by atoms with E-state index < -0.39 is 0 Å². The zero-order valence-electron chi connectivity index (χ0n) is 28.0. The van der Waals surface area contributed by atoms with Crippen molar-refractivity contribution >= 4 is 75.1 Å². The summed E-state index contributed by atoms with van der Waals surface area (Å²) >= 11 is 1.86. The van der Waals surface area contributed by atoms with E-state index in [1.807, 2.05) is 35.9 Å². The first-order chi connectivity index (χ1) is 25.7. The summed E-state index contributed by atoms with van der Waals surface area (Å²) in [5, 5.41) is 7.33. The molecule has 0 atom stereocenters. The first-order valence-corrected chi connectivity index (χ1v) is 18.4. The molecular formula is C48H29N3S. The minimum atomic E-state index is 1.00. The average Bonchev–Trinajstić information content (AvgIpc) is 3.75. The van der Waals surface area contributed by atoms with Crippen LogP contribution in [0.4, 0.5) is 0 Å². The molecule has 242 valence electrons. The molecule has 0 saturated carbocycles. The van der Waals surface area contributed by atoms with Gasteiger partial charge in [0.25, 0.3) is 0 Å². The van der Waals surface area contributed by atoms with E-state index in [0.717, 1.165) is 49.7 Å². The maximum absolute atomic E-state index is 4.78. The maximum atomic E-state index is 4.78. The number of benzene rings is 7. The van der Waals surface area contributed by atoms with E-state index in [9.17, 15) is 0 Å². The Hall–Kier alpha value is -6.62. The summed E-state index contributed by atoms with van der Waals surface area (Å²) in [6.45, 7) is 0. The summed E-state index contributed by atoms with van der Waals surface area (Å²) in [6, 6.07) is 59.3. The highest BCUT2D eigenvalue weighted by Gasteiger charge is 2.16. The van der Waals surface area contributed by atoms with Gasteiger partial charge in [-0.05, 0) is 101 Å². The van der Waals surface area contributed by atoms with Gasteiger partial charge in [0.15, 0.2) is 0 Å². The second-order valence-electron chi connectivity index (χ2n) is 13.5. The Labute approximate surface area is 303 Å². The molecule has 0 aliphatic carbocycles. The SMILES string of the molecule is c1ccc2ncc(-c3ccc4c(c3)c3cc(-c5cnc6ccccc6c5)ccc3n4-c3ccc(-c4ccc5sc6ccccc6c5c4)cc3)cc2c1. The Kier molecular flexibility index (Phi) is 6.42. The lowest BCUT2D eigenvalue weighted by molar-refractivity contribution is 1.18. The quantitative estimate of drug-likeness (QED) is 0.185. The second kappa shape index (κ2) is 11.5. The highest BCUT2D eigenvalue weighted by molar-refractivity contribution is 7.25. The molecule has 0 spiro atoms. The fourth-order valence-electron chi connectivity index (χ4n) is 7.83. The van der Waals surface area contributed by atoms with Crippen molar-refractivity contribution in [3.8, 4) is 39.1 Å². The molecule has 0 N–H and O–H groups in total. The molecule has 4 heteroatoms. The van der Waals surface area contributed by atoms with Gasteiger partial charge in [-0.15, -0.1) is 11.3 Å². The van der Waals surface area contributed by atoms with Crippen LogP contribution in [0.2, 0.25) is 0 Å². The minimum absolute atomic E-state index is 1.00. The number of para-hydroxylation sites is 2. The third-order valence-electron chi connectivity index (χ3n) is 10.4. The summed E-state index contributed by atoms with van der Waals surface area (Å²) in [5.74, 6) is 0. The van der Waals surface area contributed by atoms with Crippen molar-refractivity contribution in [1.82, 2.24) is 14.5 Å². The van der Waals surface area contributed by atoms with Gasteiger partial charge in [-0.25, -0.2) is 0 Å². The molecule has 0 saturated heterocycles. The highest BCUT2D eigenvalue weighted by Crippen LogP contribution is 2.39. The van der Waals surface area contributed by atoms with Crippen LogP contribution in [0.5, 0.6) is 0 Å². The first kappa shape index (κ1) is 29.1. The maximum Gasteiger partial charge on any atom is 0.0702 e. The Bertz CT molecular complexity index is 3050. The predicted octanol–water partition coefficient (Wildman–Crippen LogP) is 13.2. The van der Waals surface area contributed by atoms with Crippen LogP contribution in [0.15, 0.2) is 176 Å². The van der Waals surface area contributed by atoms with E-state index >= 15 is 0 Å². The van der Waals surface area contributed by atoms with Crippen molar-refractivity contribution < 1.29 is 0 Å². The molecule has 11 aromatic rings. The standard InChI is InChI=1S/C48H29N3S/c1-4-10-43-34(7-1)23-36(28-49-43)32-15-20-45-40(25-32)41-26-33(37-24-35-8-2-5-11-44(35)50-29-37)16-21-46(41)51(45)38-18-13-30(14-19-38)31-17-22-48-42(27-31)39-9-3-6-12-47(39)52-48/h1-29H. The molecule has 52 heavy (non-hydrogen) atoms. The van der Waals surface area contributed by atoms with Gasteiger partial charge in [-0.2, -0.15) is 0 Å². The van der Waals surface area contributed by atoms with E-state index in [-0.39, 0.29) is 0 Å². The largest absolute Gasteiger partial charge is 0.309 e. The Morgan fingerprint density at radius 2 is 0.865 bits per heavy atom. The van der Waals surface area contributed by atoms with E-state index in [0.29, 0.717) is 0 Å². The zero-order chi connectivity index (χ0) is 34.2. The third-order valence-corrected chi connectivity index (χ3v) is 11.6. The van der Waals surface area contributed by atoms with Crippen molar-refractivity contribution in [2.24, 2.45) is 0 Å². The molecule has 4 heterocycles. The summed E-state index contributed by atoms with van der Waals surface area (Å²) in [7, 11) is 0. The molecule has 7 aromatic carbocycles. The van der Waals surface area contributed by atoms with Crippen LogP contribution in [-0.4, -0.2) is 14.5 Å². The number of hydrogen-bond acceptors (Lipinski definition) is 3. The van der Waals surface area contributed by atoms with Crippen LogP contribution in [0.3, 0.4) is 0 Å². The Morgan fingerprint density at radius 1 is 0.365 bits per heavy atom. The van der Waals surface area contributed by atoms with Crippen molar-refractivity contribution in [1.29, 1.82) is 0 Å². The molecule has 3 nitrogen and oxygen atoms in total. The van der Waals surface area contributed by atoms with Gasteiger partial charge in [-0.1, -0.05) is 84.9 Å². The third kappa shape index (κ3) is 4.65. The van der Waals surface area contributed by atoms with Gasteiger partial charge in [0.05, 0.1) is 22.1 Å². The summed E-state index contributed by atoms with van der Waals surface area (Å²) < 4.78 is 5.05. The van der Waals surface area contributed by atoms with Crippen LogP contribution < -0.4 is 0 Å². The van der Waals surface area contributed by atoms with Crippen molar-refractivity contribution in [3.05, 3.63) is 176 Å². The van der Waals surface area contributed by atoms with Gasteiger partial charge >= 0.3 is 0 Å². The minimum Gasteiger partial charge on any atom is -0.309 e. The lowest BCUT2D eigenvalue weighted by Gasteiger charge is -2.11. The molecule has 4 aromatic heterocycles. The predicted molar refractivity (Wildman–Crippen MR) is 221 cm³/mol. The monoisotopic (exact) mass is 679 g/mol. The molecular weight excluding hydrogens is 651 g/mol. The topological polar surface area (TPSA) is 30.7 Å². The summed E-state index contributed by atoms with van der Waals surface area (Å²) in [6.07, 6.45) is 3.98. The van der Waals surface area contributed by atoms with Gasteiger partial charge in [0.1, 0.15) is 0 Å². The normalized spacial score (nSPS) is 11.8. The first-order valence-electron chi connectivity index (χ1n) is 17.5. The zero-order valence-corrected chi connectivity index (χ0v) is 28.8. The van der Waals surface area contributed by atoms with Gasteiger partial charge < -0.3 is 4.57 Å². The smallest absolute Gasteiger partial charge is 0.0702 e. The lowest BCUT2D eigenvalue weighted by atomic mass is 10.0. The van der Waals surface area contributed by atoms with Crippen molar-refractivity contribution in [3.63, 3.8) is 0 Å². The van der Waals surface area contributed by atoms with Crippen molar-refractivity contribution in [2.75, 3.05) is 0 Å². The number of fused-ring (bicyclic) bond motifs is 8. The lowest BCUT2D eigenvalue weighted by Crippen LogP contribution is -1.94. The molecule has 0 aliphatic heterocycles. The average molecular weight is 680 g/mol. The number of hydrogen-bond donors (Lipinski definition) is 0. The van der Waals surface area contributed by atoms with Crippen LogP contribution in [0.25, 0.3) is 103 Å². The van der Waals surface area contributed by atoms with Gasteiger partial charge in [0, 0.05) is 70.9 Å². The molecule has 11 rings (SSSR count). The number of aromatic nitrogens is 3. The molecule has 0 fully saturated rings. The van der Waals surface area contributed by atoms with Gasteiger partial charge in [-0.3, -0.25) is 9.97 Å². The highest BCUT2D eigenvalue weighted by atomic mass is 32.1. The number of rotatable bonds is 4. The molecule has 0 unspecified atom stereocenters. The van der Waals surface area contributed by atoms with E-state index in [4.69, 9.17) is 9.97 Å². The van der Waals surface area contributed by atoms with Crippen LogP contribution >= 0.6 is 11.3 Å². The molecule has 0 radical (unpaired) electrons. The van der Waals surface area contributed by atoms with E-state index in [2.05, 4.69) is 156 Å². The number of pyridine rings is 2. The molecule has 0 amide bonds. The van der Waals surface area contributed by atoms with Gasteiger partial charge in [0.2, 0.25) is 0 Å². The fourth-order valence-corrected chi connectivity index (χ4v) is 8.91. The van der Waals surface area contributed by atoms with Crippen LogP contribution in [0, 0.1) is 0 Å². The van der Waals surface area contributed by atoms with Crippen molar-refractivity contribution in [2.45, 2.75) is 0 Å². The Balaban J connectivity index is 1.07. The second-order valence-corrected chi connectivity index (χ2v) is 14.6. The van der Waals surface area contributed by atoms with Crippen LogP contribution in [0.1, 0.15) is 0 Å².